The Morgan fingerprint density at radius 1 is 1.14 bits per heavy atom. The zero-order chi connectivity index (χ0) is 15.0. The van der Waals surface area contributed by atoms with Crippen LogP contribution in [0.3, 0.4) is 0 Å². The second-order valence-electron chi connectivity index (χ2n) is 6.04. The van der Waals surface area contributed by atoms with E-state index >= 15 is 0 Å². The quantitative estimate of drug-likeness (QED) is 0.766. The summed E-state index contributed by atoms with van der Waals surface area (Å²) in [4.78, 5) is 0. The van der Waals surface area contributed by atoms with Crippen LogP contribution in [0.4, 0.5) is 13.2 Å². The first-order valence-corrected chi connectivity index (χ1v) is 7.46. The lowest BCUT2D eigenvalue weighted by molar-refractivity contribution is -0.275. The van der Waals surface area contributed by atoms with Gasteiger partial charge in [0.1, 0.15) is 0 Å². The van der Waals surface area contributed by atoms with Gasteiger partial charge in [-0.05, 0) is 61.6 Å². The summed E-state index contributed by atoms with van der Waals surface area (Å²) >= 11 is 0. The molecule has 0 bridgehead atoms. The molecule has 2 fully saturated rings. The first kappa shape index (κ1) is 14.5. The Morgan fingerprint density at radius 2 is 1.86 bits per heavy atom. The monoisotopic (exact) mass is 300 g/mol. The Kier molecular flexibility index (Phi) is 3.76. The van der Waals surface area contributed by atoms with E-state index in [4.69, 9.17) is 4.74 Å². The molecule has 21 heavy (non-hydrogen) atoms. The minimum absolute atomic E-state index is 0.161. The van der Waals surface area contributed by atoms with Crippen LogP contribution < -0.4 is 9.47 Å². The van der Waals surface area contributed by atoms with Crippen LogP contribution >= 0.6 is 0 Å². The lowest BCUT2D eigenvalue weighted by atomic mass is 9.86. The van der Waals surface area contributed by atoms with E-state index < -0.39 is 6.36 Å². The average Bonchev–Trinajstić information content (AvgIpc) is 3.14. The number of hydrogen-bond donors (Lipinski definition) is 0. The molecule has 2 aliphatic rings. The number of alkyl halides is 3. The highest BCUT2D eigenvalue weighted by atomic mass is 19.4. The van der Waals surface area contributed by atoms with Crippen molar-refractivity contribution in [3.8, 4) is 11.5 Å². The largest absolute Gasteiger partial charge is 0.573 e. The molecule has 0 unspecified atom stereocenters. The van der Waals surface area contributed by atoms with Gasteiger partial charge in [-0.1, -0.05) is 12.5 Å². The molecule has 0 aromatic heterocycles. The van der Waals surface area contributed by atoms with E-state index in [1.165, 1.54) is 6.42 Å². The van der Waals surface area contributed by atoms with Gasteiger partial charge < -0.3 is 9.47 Å². The first-order valence-electron chi connectivity index (χ1n) is 7.46. The summed E-state index contributed by atoms with van der Waals surface area (Å²) in [6, 6.07) is 3.51. The molecule has 0 saturated heterocycles. The van der Waals surface area contributed by atoms with Crippen molar-refractivity contribution in [3.05, 3.63) is 23.3 Å². The van der Waals surface area contributed by atoms with Crippen molar-refractivity contribution in [1.29, 1.82) is 0 Å². The van der Waals surface area contributed by atoms with Crippen molar-refractivity contribution in [2.24, 2.45) is 5.92 Å². The second kappa shape index (κ2) is 5.43. The van der Waals surface area contributed by atoms with Crippen LogP contribution in [0.5, 0.6) is 11.5 Å². The van der Waals surface area contributed by atoms with E-state index in [0.29, 0.717) is 24.0 Å². The minimum Gasteiger partial charge on any atom is -0.489 e. The van der Waals surface area contributed by atoms with E-state index in [2.05, 4.69) is 4.74 Å². The first-order chi connectivity index (χ1) is 9.94. The van der Waals surface area contributed by atoms with Crippen LogP contribution in [0, 0.1) is 12.8 Å². The Labute approximate surface area is 122 Å². The Morgan fingerprint density at radius 3 is 2.38 bits per heavy atom. The molecule has 0 atom stereocenters. The topological polar surface area (TPSA) is 18.5 Å². The van der Waals surface area contributed by atoms with Gasteiger partial charge in [-0.2, -0.15) is 0 Å². The molecule has 2 aliphatic carbocycles. The third-order valence-corrected chi connectivity index (χ3v) is 4.35. The van der Waals surface area contributed by atoms with Crippen molar-refractivity contribution in [2.75, 3.05) is 6.61 Å². The maximum atomic E-state index is 12.6. The second-order valence-corrected chi connectivity index (χ2v) is 6.04. The molecule has 1 aromatic rings. The van der Waals surface area contributed by atoms with Crippen molar-refractivity contribution >= 4 is 0 Å². The maximum Gasteiger partial charge on any atom is 0.573 e. The predicted octanol–water partition coefficient (Wildman–Crippen LogP) is 4.95. The molecule has 0 amide bonds. The van der Waals surface area contributed by atoms with E-state index in [9.17, 15) is 13.2 Å². The zero-order valence-corrected chi connectivity index (χ0v) is 12.0. The highest BCUT2D eigenvalue weighted by molar-refractivity contribution is 5.52. The number of hydrogen-bond acceptors (Lipinski definition) is 2. The van der Waals surface area contributed by atoms with Gasteiger partial charge in [0.2, 0.25) is 0 Å². The van der Waals surface area contributed by atoms with Gasteiger partial charge >= 0.3 is 6.36 Å². The van der Waals surface area contributed by atoms with Crippen molar-refractivity contribution in [1.82, 2.24) is 0 Å². The third kappa shape index (κ3) is 3.44. The summed E-state index contributed by atoms with van der Waals surface area (Å²) in [5.74, 6) is 0.890. The lowest BCUT2D eigenvalue weighted by Gasteiger charge is -2.26. The van der Waals surface area contributed by atoms with E-state index in [0.717, 1.165) is 31.2 Å². The average molecular weight is 300 g/mol. The highest BCUT2D eigenvalue weighted by Gasteiger charge is 2.35. The van der Waals surface area contributed by atoms with Gasteiger partial charge in [0.15, 0.2) is 11.5 Å². The fourth-order valence-electron chi connectivity index (χ4n) is 2.74. The molecule has 0 heterocycles. The van der Waals surface area contributed by atoms with Crippen LogP contribution in [0.1, 0.15) is 49.1 Å². The number of benzene rings is 1. The summed E-state index contributed by atoms with van der Waals surface area (Å²) in [5.41, 5.74) is 1.51. The predicted molar refractivity (Wildman–Crippen MR) is 72.7 cm³/mol. The summed E-state index contributed by atoms with van der Waals surface area (Å²) in [6.45, 7) is 2.15. The van der Waals surface area contributed by atoms with E-state index in [-0.39, 0.29) is 11.5 Å². The molecule has 0 N–H and O–H groups in total. The van der Waals surface area contributed by atoms with Gasteiger partial charge in [0.25, 0.3) is 0 Å². The molecular formula is C16H19F3O2. The molecule has 1 aromatic carbocycles. The molecule has 2 nitrogen and oxygen atoms in total. The van der Waals surface area contributed by atoms with Crippen LogP contribution in [-0.4, -0.2) is 13.0 Å². The molecule has 0 spiro atoms. The van der Waals surface area contributed by atoms with Crippen LogP contribution in [0.15, 0.2) is 12.1 Å². The molecule has 5 heteroatoms. The Hall–Kier alpha value is -1.39. The molecule has 3 rings (SSSR count). The molecular weight excluding hydrogens is 281 g/mol. The van der Waals surface area contributed by atoms with Gasteiger partial charge in [-0.15, -0.1) is 13.2 Å². The molecule has 2 saturated carbocycles. The van der Waals surface area contributed by atoms with Crippen LogP contribution in [-0.2, 0) is 0 Å². The van der Waals surface area contributed by atoms with Crippen molar-refractivity contribution in [2.45, 2.75) is 51.3 Å². The summed E-state index contributed by atoms with van der Waals surface area (Å²) < 4.78 is 47.8. The SMILES string of the molecule is Cc1c(C2CC2)ccc(OCC2CCC2)c1OC(F)(F)F. The normalized spacial score (nSPS) is 19.2. The van der Waals surface area contributed by atoms with E-state index in [1.54, 1.807) is 13.0 Å². The molecule has 116 valence electrons. The maximum absolute atomic E-state index is 12.6. The lowest BCUT2D eigenvalue weighted by Crippen LogP contribution is -2.21. The number of rotatable bonds is 5. The van der Waals surface area contributed by atoms with Crippen molar-refractivity contribution < 1.29 is 22.6 Å². The summed E-state index contributed by atoms with van der Waals surface area (Å²) in [7, 11) is 0. The van der Waals surface area contributed by atoms with Crippen LogP contribution in [0.2, 0.25) is 0 Å². The fourth-order valence-corrected chi connectivity index (χ4v) is 2.74. The zero-order valence-electron chi connectivity index (χ0n) is 12.0. The summed E-state index contributed by atoms with van der Waals surface area (Å²) in [5, 5.41) is 0. The van der Waals surface area contributed by atoms with Gasteiger partial charge in [0.05, 0.1) is 6.61 Å². The summed E-state index contributed by atoms with van der Waals surface area (Å²) in [6.07, 6.45) is 0.744. The van der Waals surface area contributed by atoms with Gasteiger partial charge in [-0.25, -0.2) is 0 Å². The van der Waals surface area contributed by atoms with E-state index in [1.807, 2.05) is 6.07 Å². The number of halogens is 3. The minimum atomic E-state index is -4.69. The van der Waals surface area contributed by atoms with Gasteiger partial charge in [0, 0.05) is 0 Å². The Bertz CT molecular complexity index is 517. The molecule has 0 aliphatic heterocycles. The standard InChI is InChI=1S/C16H19F3O2/c1-10-13(12-5-6-12)7-8-14(15(10)21-16(17,18)19)20-9-11-3-2-4-11/h7-8,11-12H,2-6,9H2,1H3. The Balaban J connectivity index is 1.83. The highest BCUT2D eigenvalue weighted by Crippen LogP contribution is 2.47. The fraction of sp³-hybridized carbons (Fsp3) is 0.625. The number of ether oxygens (including phenoxy) is 2. The van der Waals surface area contributed by atoms with Gasteiger partial charge in [-0.3, -0.25) is 0 Å². The van der Waals surface area contributed by atoms with Crippen molar-refractivity contribution in [3.63, 3.8) is 0 Å². The van der Waals surface area contributed by atoms with Crippen LogP contribution in [0.25, 0.3) is 0 Å². The third-order valence-electron chi connectivity index (χ3n) is 4.35. The molecule has 0 radical (unpaired) electrons. The smallest absolute Gasteiger partial charge is 0.489 e.